The van der Waals surface area contributed by atoms with Crippen molar-refractivity contribution in [1.82, 2.24) is 20.5 Å². The second-order valence-electron chi connectivity index (χ2n) is 10.4. The fourth-order valence-corrected chi connectivity index (χ4v) is 6.44. The molecule has 7 rings (SSSR count). The van der Waals surface area contributed by atoms with Gasteiger partial charge in [0.25, 0.3) is 5.91 Å². The molecule has 1 aromatic rings. The highest BCUT2D eigenvalue weighted by Gasteiger charge is 2.52. The quantitative estimate of drug-likeness (QED) is 0.770. The van der Waals surface area contributed by atoms with Crippen LogP contribution in [0.2, 0.25) is 0 Å². The maximum atomic E-state index is 13.3. The van der Waals surface area contributed by atoms with Crippen LogP contribution in [0, 0.1) is 17.8 Å². The van der Waals surface area contributed by atoms with Crippen LogP contribution in [0.4, 0.5) is 4.79 Å². The lowest BCUT2D eigenvalue weighted by atomic mass is 9.53. The topological polar surface area (TPSA) is 87.5 Å². The Kier molecular flexibility index (Phi) is 3.97. The SMILES string of the molecule is O=C(NC1CC1)c1coc(CN(C(=O)NC23CC4CC(CC(C4)C2)C3)C2CC2)n1. The molecule has 7 heteroatoms. The van der Waals surface area contributed by atoms with Gasteiger partial charge in [-0.1, -0.05) is 0 Å². The first kappa shape index (κ1) is 17.8. The third kappa shape index (κ3) is 3.53. The van der Waals surface area contributed by atoms with Crippen molar-refractivity contribution in [3.63, 3.8) is 0 Å². The average Bonchev–Trinajstić information content (AvgIpc) is 3.58. The summed E-state index contributed by atoms with van der Waals surface area (Å²) in [7, 11) is 0. The van der Waals surface area contributed by atoms with E-state index in [1.807, 2.05) is 4.90 Å². The van der Waals surface area contributed by atoms with Crippen LogP contribution in [-0.4, -0.2) is 39.4 Å². The van der Waals surface area contributed by atoms with Gasteiger partial charge in [0.15, 0.2) is 5.69 Å². The van der Waals surface area contributed by atoms with E-state index < -0.39 is 0 Å². The molecule has 0 aliphatic heterocycles. The predicted octanol–water partition coefficient (Wildman–Crippen LogP) is 3.21. The van der Waals surface area contributed by atoms with E-state index in [0.717, 1.165) is 62.7 Å². The fourth-order valence-electron chi connectivity index (χ4n) is 6.44. The average molecular weight is 399 g/mol. The summed E-state index contributed by atoms with van der Waals surface area (Å²) in [5.74, 6) is 2.66. The van der Waals surface area contributed by atoms with Crippen molar-refractivity contribution in [2.45, 2.75) is 88.4 Å². The number of nitrogens with zero attached hydrogens (tertiary/aromatic N) is 2. The number of oxazole rings is 1. The molecule has 0 atom stereocenters. The number of aromatic nitrogens is 1. The Bertz CT molecular complexity index is 790. The first-order chi connectivity index (χ1) is 14.1. The zero-order chi connectivity index (χ0) is 19.6. The number of carbonyl (C=O) groups excluding carboxylic acids is 2. The predicted molar refractivity (Wildman–Crippen MR) is 105 cm³/mol. The standard InChI is InChI=1S/C22H30N4O3/c27-20(23-16-1-2-16)18-12-29-19(24-18)11-26(17-3-4-17)21(28)25-22-8-13-5-14(9-22)7-15(6-13)10-22/h12-17H,1-11H2,(H,23,27)(H,25,28). The molecule has 6 saturated carbocycles. The minimum Gasteiger partial charge on any atom is -0.446 e. The van der Waals surface area contributed by atoms with Gasteiger partial charge in [0.1, 0.15) is 6.26 Å². The number of urea groups is 1. The minimum atomic E-state index is -0.182. The molecule has 4 bridgehead atoms. The van der Waals surface area contributed by atoms with E-state index in [9.17, 15) is 9.59 Å². The van der Waals surface area contributed by atoms with E-state index in [-0.39, 0.29) is 29.6 Å². The molecule has 2 N–H and O–H groups in total. The van der Waals surface area contributed by atoms with Crippen molar-refractivity contribution in [3.05, 3.63) is 17.8 Å². The van der Waals surface area contributed by atoms with Crippen molar-refractivity contribution in [2.75, 3.05) is 0 Å². The van der Waals surface area contributed by atoms with Gasteiger partial charge in [0.05, 0.1) is 6.54 Å². The van der Waals surface area contributed by atoms with E-state index >= 15 is 0 Å². The molecular weight excluding hydrogens is 368 g/mol. The van der Waals surface area contributed by atoms with E-state index in [0.29, 0.717) is 18.1 Å². The van der Waals surface area contributed by atoms with Crippen LogP contribution < -0.4 is 10.6 Å². The summed E-state index contributed by atoms with van der Waals surface area (Å²) in [5.41, 5.74) is 0.314. The van der Waals surface area contributed by atoms with Crippen LogP contribution >= 0.6 is 0 Å². The third-order valence-electron chi connectivity index (χ3n) is 7.66. The summed E-state index contributed by atoms with van der Waals surface area (Å²) < 4.78 is 5.55. The molecule has 1 heterocycles. The van der Waals surface area contributed by atoms with Crippen LogP contribution in [-0.2, 0) is 6.54 Å². The van der Waals surface area contributed by atoms with E-state index in [1.165, 1.54) is 25.5 Å². The maximum absolute atomic E-state index is 13.3. The molecule has 0 radical (unpaired) electrons. The normalized spacial score (nSPS) is 34.8. The van der Waals surface area contributed by atoms with Crippen molar-refractivity contribution in [3.8, 4) is 0 Å². The zero-order valence-corrected chi connectivity index (χ0v) is 16.9. The Balaban J connectivity index is 1.13. The lowest BCUT2D eigenvalue weighted by Gasteiger charge is -2.57. The van der Waals surface area contributed by atoms with Gasteiger partial charge in [0.2, 0.25) is 5.89 Å². The first-order valence-corrected chi connectivity index (χ1v) is 11.4. The van der Waals surface area contributed by atoms with Crippen molar-refractivity contribution in [2.24, 2.45) is 17.8 Å². The molecule has 6 aliphatic carbocycles. The molecule has 156 valence electrons. The largest absolute Gasteiger partial charge is 0.446 e. The lowest BCUT2D eigenvalue weighted by molar-refractivity contribution is -0.0161. The Morgan fingerprint density at radius 1 is 1.07 bits per heavy atom. The number of hydrogen-bond donors (Lipinski definition) is 2. The number of rotatable bonds is 6. The van der Waals surface area contributed by atoms with Gasteiger partial charge in [-0.3, -0.25) is 4.79 Å². The minimum absolute atomic E-state index is 0.00484. The van der Waals surface area contributed by atoms with Gasteiger partial charge in [-0.05, 0) is 82.0 Å². The number of amides is 3. The summed E-state index contributed by atoms with van der Waals surface area (Å²) in [5, 5.41) is 6.39. The lowest BCUT2D eigenvalue weighted by Crippen LogP contribution is -2.62. The van der Waals surface area contributed by atoms with Crippen LogP contribution in [0.1, 0.15) is 80.6 Å². The van der Waals surface area contributed by atoms with Gasteiger partial charge in [-0.15, -0.1) is 0 Å². The van der Waals surface area contributed by atoms with Crippen molar-refractivity contribution in [1.29, 1.82) is 0 Å². The summed E-state index contributed by atoms with van der Waals surface area (Å²) in [6.07, 6.45) is 13.1. The molecule has 0 spiro atoms. The van der Waals surface area contributed by atoms with E-state index in [4.69, 9.17) is 4.42 Å². The van der Waals surface area contributed by atoms with Gasteiger partial charge < -0.3 is 20.0 Å². The smallest absolute Gasteiger partial charge is 0.318 e. The first-order valence-electron chi connectivity index (χ1n) is 11.4. The molecule has 0 saturated heterocycles. The molecule has 7 nitrogen and oxygen atoms in total. The molecule has 6 fully saturated rings. The maximum Gasteiger partial charge on any atom is 0.318 e. The van der Waals surface area contributed by atoms with Gasteiger partial charge in [-0.25, -0.2) is 9.78 Å². The number of nitrogens with one attached hydrogen (secondary N) is 2. The van der Waals surface area contributed by atoms with Gasteiger partial charge in [0, 0.05) is 17.6 Å². The molecule has 3 amide bonds. The molecule has 0 aromatic carbocycles. The number of hydrogen-bond acceptors (Lipinski definition) is 4. The number of carbonyl (C=O) groups is 2. The summed E-state index contributed by atoms with van der Waals surface area (Å²) in [6.45, 7) is 0.333. The van der Waals surface area contributed by atoms with Crippen LogP contribution in [0.3, 0.4) is 0 Å². The summed E-state index contributed by atoms with van der Waals surface area (Å²) in [6, 6.07) is 0.577. The summed E-state index contributed by atoms with van der Waals surface area (Å²) in [4.78, 5) is 31.7. The Labute approximate surface area is 171 Å². The molecule has 0 unspecified atom stereocenters. The van der Waals surface area contributed by atoms with Crippen LogP contribution in [0.15, 0.2) is 10.7 Å². The van der Waals surface area contributed by atoms with Crippen molar-refractivity contribution < 1.29 is 14.0 Å². The highest BCUT2D eigenvalue weighted by molar-refractivity contribution is 5.92. The van der Waals surface area contributed by atoms with E-state index in [2.05, 4.69) is 15.6 Å². The van der Waals surface area contributed by atoms with Crippen molar-refractivity contribution >= 4 is 11.9 Å². The molecular formula is C22H30N4O3. The Morgan fingerprint density at radius 2 is 1.72 bits per heavy atom. The molecule has 29 heavy (non-hydrogen) atoms. The third-order valence-corrected chi connectivity index (χ3v) is 7.66. The second kappa shape index (κ2) is 6.47. The second-order valence-corrected chi connectivity index (χ2v) is 10.4. The Hall–Kier alpha value is -2.05. The zero-order valence-electron chi connectivity index (χ0n) is 16.9. The Morgan fingerprint density at radius 3 is 2.31 bits per heavy atom. The molecule has 1 aromatic heterocycles. The fraction of sp³-hybridized carbons (Fsp3) is 0.773. The monoisotopic (exact) mass is 398 g/mol. The van der Waals surface area contributed by atoms with Gasteiger partial charge >= 0.3 is 6.03 Å². The van der Waals surface area contributed by atoms with Crippen LogP contribution in [0.25, 0.3) is 0 Å². The van der Waals surface area contributed by atoms with E-state index in [1.54, 1.807) is 0 Å². The van der Waals surface area contributed by atoms with Crippen LogP contribution in [0.5, 0.6) is 0 Å². The summed E-state index contributed by atoms with van der Waals surface area (Å²) >= 11 is 0. The highest BCUT2D eigenvalue weighted by atomic mass is 16.3. The van der Waals surface area contributed by atoms with Gasteiger partial charge in [-0.2, -0.15) is 0 Å². The highest BCUT2D eigenvalue weighted by Crippen LogP contribution is 2.55. The molecule has 6 aliphatic rings.